The Morgan fingerprint density at radius 3 is 2.54 bits per heavy atom. The highest BCUT2D eigenvalue weighted by atomic mass is 32.2. The van der Waals surface area contributed by atoms with Gasteiger partial charge in [-0.2, -0.15) is 0 Å². The second-order valence-corrected chi connectivity index (χ2v) is 6.81. The molecule has 0 saturated carbocycles. The summed E-state index contributed by atoms with van der Waals surface area (Å²) in [4.78, 5) is 22.2. The van der Waals surface area contributed by atoms with E-state index in [0.29, 0.717) is 11.3 Å². The van der Waals surface area contributed by atoms with Crippen molar-refractivity contribution in [2.45, 2.75) is 6.54 Å². The molecule has 0 saturated heterocycles. The Balaban J connectivity index is 2.05. The summed E-state index contributed by atoms with van der Waals surface area (Å²) in [5.74, 6) is -0.458. The maximum absolute atomic E-state index is 12.1. The van der Waals surface area contributed by atoms with Gasteiger partial charge in [0.15, 0.2) is 0 Å². The van der Waals surface area contributed by atoms with Gasteiger partial charge >= 0.3 is 0 Å². The van der Waals surface area contributed by atoms with Crippen molar-refractivity contribution in [1.29, 1.82) is 0 Å². The molecule has 2 aromatic carbocycles. The number of carbonyl (C=O) groups excluding carboxylic acids is 1. The predicted molar refractivity (Wildman–Crippen MR) is 89.2 cm³/mol. The highest BCUT2D eigenvalue weighted by molar-refractivity contribution is 7.92. The molecule has 0 fully saturated rings. The van der Waals surface area contributed by atoms with Gasteiger partial charge in [-0.05, 0) is 23.8 Å². The normalized spacial score (nSPS) is 10.9. The lowest BCUT2D eigenvalue weighted by Gasteiger charge is -2.08. The molecular formula is C15H15N3O5S. The number of non-ortho nitro benzene ring substituents is 1. The second-order valence-electron chi connectivity index (χ2n) is 5.06. The number of carbonyl (C=O) groups is 1. The van der Waals surface area contributed by atoms with Crippen LogP contribution in [0.2, 0.25) is 0 Å². The molecule has 24 heavy (non-hydrogen) atoms. The average molecular weight is 349 g/mol. The van der Waals surface area contributed by atoms with Crippen molar-refractivity contribution in [3.8, 4) is 0 Å². The molecule has 0 unspecified atom stereocenters. The van der Waals surface area contributed by atoms with Gasteiger partial charge in [-0.1, -0.05) is 18.2 Å². The van der Waals surface area contributed by atoms with E-state index >= 15 is 0 Å². The number of hydrogen-bond donors (Lipinski definition) is 2. The second kappa shape index (κ2) is 7.09. The number of sulfonamides is 1. The molecule has 0 atom stereocenters. The van der Waals surface area contributed by atoms with Crippen LogP contribution in [0.1, 0.15) is 15.9 Å². The molecule has 2 rings (SSSR count). The van der Waals surface area contributed by atoms with Crippen molar-refractivity contribution < 1.29 is 18.1 Å². The minimum Gasteiger partial charge on any atom is -0.348 e. The molecule has 0 bridgehead atoms. The summed E-state index contributed by atoms with van der Waals surface area (Å²) in [5.41, 5.74) is 1.08. The number of nitro groups is 1. The SMILES string of the molecule is CS(=O)(=O)Nc1cccc(CNC(=O)c2cccc([N+](=O)[O-])c2)c1. The van der Waals surface area contributed by atoms with Gasteiger partial charge < -0.3 is 5.32 Å². The van der Waals surface area contributed by atoms with Crippen LogP contribution in [0, 0.1) is 10.1 Å². The van der Waals surface area contributed by atoms with Gasteiger partial charge in [-0.15, -0.1) is 0 Å². The lowest BCUT2D eigenvalue weighted by atomic mass is 10.1. The van der Waals surface area contributed by atoms with E-state index in [-0.39, 0.29) is 17.8 Å². The predicted octanol–water partition coefficient (Wildman–Crippen LogP) is 1.90. The summed E-state index contributed by atoms with van der Waals surface area (Å²) in [7, 11) is -3.38. The topological polar surface area (TPSA) is 118 Å². The van der Waals surface area contributed by atoms with Crippen LogP contribution < -0.4 is 10.0 Å². The summed E-state index contributed by atoms with van der Waals surface area (Å²) in [6.07, 6.45) is 1.05. The van der Waals surface area contributed by atoms with Crippen molar-refractivity contribution in [1.82, 2.24) is 5.32 Å². The first kappa shape index (κ1) is 17.4. The van der Waals surface area contributed by atoms with Crippen molar-refractivity contribution >= 4 is 27.3 Å². The number of hydrogen-bond acceptors (Lipinski definition) is 5. The number of nitro benzene ring substituents is 1. The van der Waals surface area contributed by atoms with Crippen LogP contribution in [-0.2, 0) is 16.6 Å². The Morgan fingerprint density at radius 2 is 1.88 bits per heavy atom. The summed E-state index contributed by atoms with van der Waals surface area (Å²) in [5, 5.41) is 13.4. The van der Waals surface area contributed by atoms with Gasteiger partial charge in [0.25, 0.3) is 11.6 Å². The molecule has 0 aromatic heterocycles. The van der Waals surface area contributed by atoms with Crippen molar-refractivity contribution in [3.63, 3.8) is 0 Å². The molecule has 9 heteroatoms. The van der Waals surface area contributed by atoms with Crippen LogP contribution in [-0.4, -0.2) is 25.5 Å². The largest absolute Gasteiger partial charge is 0.348 e. The molecular weight excluding hydrogens is 334 g/mol. The molecule has 2 aromatic rings. The van der Waals surface area contributed by atoms with Crippen molar-refractivity contribution in [3.05, 3.63) is 69.8 Å². The Labute approximate surface area is 138 Å². The van der Waals surface area contributed by atoms with E-state index in [4.69, 9.17) is 0 Å². The van der Waals surface area contributed by atoms with Crippen LogP contribution in [0.3, 0.4) is 0 Å². The maximum atomic E-state index is 12.1. The summed E-state index contributed by atoms with van der Waals surface area (Å²) in [6, 6.07) is 12.0. The minimum atomic E-state index is -3.38. The molecule has 0 spiro atoms. The fraction of sp³-hybridized carbons (Fsp3) is 0.133. The molecule has 0 aliphatic carbocycles. The lowest BCUT2D eigenvalue weighted by molar-refractivity contribution is -0.384. The Hall–Kier alpha value is -2.94. The highest BCUT2D eigenvalue weighted by Gasteiger charge is 2.11. The number of amides is 1. The van der Waals surface area contributed by atoms with E-state index in [2.05, 4.69) is 10.0 Å². The third-order valence-electron chi connectivity index (χ3n) is 3.00. The van der Waals surface area contributed by atoms with E-state index in [1.807, 2.05) is 0 Å². The van der Waals surface area contributed by atoms with Gasteiger partial charge in [-0.3, -0.25) is 19.6 Å². The zero-order valence-corrected chi connectivity index (χ0v) is 13.5. The number of nitrogens with one attached hydrogen (secondary N) is 2. The highest BCUT2D eigenvalue weighted by Crippen LogP contribution is 2.14. The molecule has 0 radical (unpaired) electrons. The molecule has 0 heterocycles. The van der Waals surface area contributed by atoms with E-state index in [1.54, 1.807) is 24.3 Å². The summed E-state index contributed by atoms with van der Waals surface area (Å²) in [6.45, 7) is 0.154. The lowest BCUT2D eigenvalue weighted by Crippen LogP contribution is -2.22. The van der Waals surface area contributed by atoms with Crippen LogP contribution in [0.4, 0.5) is 11.4 Å². The fourth-order valence-corrected chi connectivity index (χ4v) is 2.56. The number of anilines is 1. The van der Waals surface area contributed by atoms with Crippen LogP contribution in [0.5, 0.6) is 0 Å². The van der Waals surface area contributed by atoms with E-state index < -0.39 is 20.9 Å². The third kappa shape index (κ3) is 5.06. The monoisotopic (exact) mass is 349 g/mol. The van der Waals surface area contributed by atoms with Crippen LogP contribution >= 0.6 is 0 Å². The summed E-state index contributed by atoms with van der Waals surface area (Å²) < 4.78 is 24.8. The van der Waals surface area contributed by atoms with Crippen molar-refractivity contribution in [2.24, 2.45) is 0 Å². The fourth-order valence-electron chi connectivity index (χ4n) is 2.00. The zero-order valence-electron chi connectivity index (χ0n) is 12.7. The smallest absolute Gasteiger partial charge is 0.270 e. The maximum Gasteiger partial charge on any atom is 0.270 e. The number of benzene rings is 2. The molecule has 0 aliphatic heterocycles. The summed E-state index contributed by atoms with van der Waals surface area (Å²) >= 11 is 0. The van der Waals surface area contributed by atoms with Gasteiger partial charge in [-0.25, -0.2) is 8.42 Å². The van der Waals surface area contributed by atoms with E-state index in [9.17, 15) is 23.3 Å². The standard InChI is InChI=1S/C15H15N3O5S/c1-24(22,23)17-13-6-2-4-11(8-13)10-16-15(19)12-5-3-7-14(9-12)18(20)21/h2-9,17H,10H2,1H3,(H,16,19). The quantitative estimate of drug-likeness (QED) is 0.610. The Morgan fingerprint density at radius 1 is 1.17 bits per heavy atom. The average Bonchev–Trinajstić information content (AvgIpc) is 2.51. The van der Waals surface area contributed by atoms with Crippen molar-refractivity contribution in [2.75, 3.05) is 11.0 Å². The Kier molecular flexibility index (Phi) is 5.14. The Bertz CT molecular complexity index is 880. The molecule has 0 aliphatic rings. The van der Waals surface area contributed by atoms with Gasteiger partial charge in [0.05, 0.1) is 11.2 Å². The van der Waals surface area contributed by atoms with E-state index in [1.165, 1.54) is 24.3 Å². The van der Waals surface area contributed by atoms with Crippen LogP contribution in [0.25, 0.3) is 0 Å². The molecule has 8 nitrogen and oxygen atoms in total. The van der Waals surface area contributed by atoms with Gasteiger partial charge in [0.1, 0.15) is 0 Å². The number of rotatable bonds is 6. The zero-order chi connectivity index (χ0) is 17.7. The van der Waals surface area contributed by atoms with Crippen LogP contribution in [0.15, 0.2) is 48.5 Å². The van der Waals surface area contributed by atoms with Gasteiger partial charge in [0.2, 0.25) is 10.0 Å². The van der Waals surface area contributed by atoms with E-state index in [0.717, 1.165) is 6.26 Å². The number of nitrogens with zero attached hydrogens (tertiary/aromatic N) is 1. The first-order valence-electron chi connectivity index (χ1n) is 6.84. The first-order valence-corrected chi connectivity index (χ1v) is 8.73. The molecule has 1 amide bonds. The van der Waals surface area contributed by atoms with Gasteiger partial charge in [0, 0.05) is 29.9 Å². The molecule has 126 valence electrons. The molecule has 2 N–H and O–H groups in total. The minimum absolute atomic E-state index is 0.154. The first-order chi connectivity index (χ1) is 11.2. The third-order valence-corrected chi connectivity index (χ3v) is 3.61.